The third-order valence-electron chi connectivity index (χ3n) is 6.98. The molecule has 2 fully saturated rings. The maximum atomic E-state index is 15.5. The van der Waals surface area contributed by atoms with Crippen LogP contribution in [0.15, 0.2) is 6.07 Å². The largest absolute Gasteiger partial charge is 0.506 e. The minimum Gasteiger partial charge on any atom is -0.506 e. The second-order valence-corrected chi connectivity index (χ2v) is 12.5. The Bertz CT molecular complexity index is 1130. The SMILES string of the molecule is CC(C)(C)OC(=O)N[C@H]1CC[C@H](CCN2CCc3cc(O)c(N4CC(=O)NS4(=O)=O)c(F)c3C2)CC1. The number of halogens is 1. The number of hydrogen-bond acceptors (Lipinski definition) is 7. The van der Waals surface area contributed by atoms with Gasteiger partial charge < -0.3 is 15.2 Å². The summed E-state index contributed by atoms with van der Waals surface area (Å²) in [7, 11) is -4.23. The Hall–Kier alpha value is -2.60. The number of nitrogens with one attached hydrogen (secondary N) is 2. The fraction of sp³-hybridized carbons (Fsp3) is 0.667. The highest BCUT2D eigenvalue weighted by Crippen LogP contribution is 2.39. The fourth-order valence-corrected chi connectivity index (χ4v) is 6.36. The zero-order chi connectivity index (χ0) is 26.3. The van der Waals surface area contributed by atoms with Crippen molar-refractivity contribution in [3.8, 4) is 5.75 Å². The van der Waals surface area contributed by atoms with Crippen LogP contribution in [0.2, 0.25) is 0 Å². The molecule has 2 aliphatic heterocycles. The van der Waals surface area contributed by atoms with Gasteiger partial charge in [0.15, 0.2) is 5.82 Å². The van der Waals surface area contributed by atoms with E-state index in [1.807, 2.05) is 20.8 Å². The van der Waals surface area contributed by atoms with E-state index in [-0.39, 0.29) is 12.1 Å². The van der Waals surface area contributed by atoms with Crippen LogP contribution in [0.3, 0.4) is 0 Å². The topological polar surface area (TPSA) is 128 Å². The Labute approximate surface area is 211 Å². The zero-order valence-electron chi connectivity index (χ0n) is 21.0. The van der Waals surface area contributed by atoms with Gasteiger partial charge in [-0.3, -0.25) is 9.69 Å². The van der Waals surface area contributed by atoms with Gasteiger partial charge in [-0.1, -0.05) is 0 Å². The van der Waals surface area contributed by atoms with Crippen molar-refractivity contribution >= 4 is 27.9 Å². The number of aromatic hydroxyl groups is 1. The molecule has 36 heavy (non-hydrogen) atoms. The Morgan fingerprint density at radius 3 is 2.56 bits per heavy atom. The lowest BCUT2D eigenvalue weighted by molar-refractivity contribution is -0.117. The van der Waals surface area contributed by atoms with Crippen molar-refractivity contribution in [1.29, 1.82) is 0 Å². The number of hydrogen-bond donors (Lipinski definition) is 3. The molecule has 0 spiro atoms. The molecule has 3 N–H and O–H groups in total. The molecule has 0 unspecified atom stereocenters. The summed E-state index contributed by atoms with van der Waals surface area (Å²) in [6.45, 7) is 6.73. The van der Waals surface area contributed by atoms with Crippen LogP contribution in [-0.4, -0.2) is 61.7 Å². The van der Waals surface area contributed by atoms with E-state index in [0.29, 0.717) is 40.9 Å². The molecule has 3 aliphatic rings. The van der Waals surface area contributed by atoms with Crippen LogP contribution in [0.4, 0.5) is 14.9 Å². The molecule has 0 aromatic heterocycles. The summed E-state index contributed by atoms with van der Waals surface area (Å²) in [5.41, 5.74) is -0.00192. The normalized spacial score (nSPS) is 24.2. The maximum absolute atomic E-state index is 15.5. The first kappa shape index (κ1) is 26.5. The van der Waals surface area contributed by atoms with Gasteiger partial charge in [0.2, 0.25) is 0 Å². The number of phenols is 1. The molecular formula is C24H35FN4O6S. The van der Waals surface area contributed by atoms with Crippen LogP contribution >= 0.6 is 0 Å². The molecule has 0 atom stereocenters. The predicted octanol–water partition coefficient (Wildman–Crippen LogP) is 2.54. The number of fused-ring (bicyclic) bond motifs is 1. The van der Waals surface area contributed by atoms with Crippen molar-refractivity contribution in [2.45, 2.75) is 77.5 Å². The van der Waals surface area contributed by atoms with Crippen LogP contribution < -0.4 is 14.3 Å². The number of phenolic OH excluding ortho intramolecular Hbond substituents is 1. The Kier molecular flexibility index (Phi) is 7.38. The molecular weight excluding hydrogens is 491 g/mol. The summed E-state index contributed by atoms with van der Waals surface area (Å²) < 4.78 is 47.6. The van der Waals surface area contributed by atoms with Crippen molar-refractivity contribution in [2.75, 3.05) is 23.9 Å². The van der Waals surface area contributed by atoms with Gasteiger partial charge in [0.25, 0.3) is 5.91 Å². The van der Waals surface area contributed by atoms with Crippen LogP contribution in [0.1, 0.15) is 64.0 Å². The monoisotopic (exact) mass is 526 g/mol. The van der Waals surface area contributed by atoms with Crippen molar-refractivity contribution in [2.24, 2.45) is 5.92 Å². The Morgan fingerprint density at radius 2 is 1.94 bits per heavy atom. The van der Waals surface area contributed by atoms with Crippen LogP contribution in [0, 0.1) is 11.7 Å². The Balaban J connectivity index is 1.32. The van der Waals surface area contributed by atoms with Gasteiger partial charge in [-0.2, -0.15) is 8.42 Å². The second-order valence-electron chi connectivity index (χ2n) is 10.9. The molecule has 1 saturated carbocycles. The number of benzene rings is 1. The molecule has 1 saturated heterocycles. The number of anilines is 1. The predicted molar refractivity (Wildman–Crippen MR) is 131 cm³/mol. The standard InChI is InChI=1S/C24H35FN4O6S/c1-24(2,3)35-23(32)26-17-6-4-15(5-7-17)8-10-28-11-9-16-12-19(30)22(21(25)18(16)13-28)29-14-20(31)27-36(29,33)34/h12,15,17,30H,4-11,13-14H2,1-3H3,(H,26,32)(H,27,31)/t15-,17-. The Morgan fingerprint density at radius 1 is 1.25 bits per heavy atom. The summed E-state index contributed by atoms with van der Waals surface area (Å²) in [5, 5.41) is 13.3. The zero-order valence-corrected chi connectivity index (χ0v) is 21.8. The average molecular weight is 527 g/mol. The van der Waals surface area contributed by atoms with Crippen molar-refractivity contribution in [1.82, 2.24) is 14.9 Å². The summed E-state index contributed by atoms with van der Waals surface area (Å²) in [4.78, 5) is 25.7. The molecule has 10 nitrogen and oxygen atoms in total. The third kappa shape index (κ3) is 6.03. The lowest BCUT2D eigenvalue weighted by Crippen LogP contribution is -2.41. The number of carbonyl (C=O) groups is 2. The molecule has 2 amide bonds. The molecule has 0 bridgehead atoms. The molecule has 1 aliphatic carbocycles. The number of nitrogens with zero attached hydrogens (tertiary/aromatic N) is 2. The minimum absolute atomic E-state index is 0.112. The van der Waals surface area contributed by atoms with E-state index in [2.05, 4.69) is 10.2 Å². The second kappa shape index (κ2) is 10.0. The van der Waals surface area contributed by atoms with E-state index in [0.717, 1.165) is 38.6 Å². The first-order valence-electron chi connectivity index (χ1n) is 12.4. The number of alkyl carbamates (subject to hydrolysis) is 1. The van der Waals surface area contributed by atoms with Gasteiger partial charge in [0, 0.05) is 24.7 Å². The third-order valence-corrected chi connectivity index (χ3v) is 8.36. The average Bonchev–Trinajstić information content (AvgIpc) is 3.03. The van der Waals surface area contributed by atoms with Gasteiger partial charge in [0.1, 0.15) is 23.6 Å². The van der Waals surface area contributed by atoms with E-state index < -0.39 is 45.5 Å². The number of ether oxygens (including phenoxy) is 1. The van der Waals surface area contributed by atoms with E-state index >= 15 is 4.39 Å². The maximum Gasteiger partial charge on any atom is 0.407 e. The van der Waals surface area contributed by atoms with Crippen molar-refractivity contribution in [3.05, 3.63) is 23.0 Å². The van der Waals surface area contributed by atoms with Gasteiger partial charge in [-0.15, -0.1) is 0 Å². The van der Waals surface area contributed by atoms with Crippen LogP contribution in [-0.2, 0) is 32.7 Å². The lowest BCUT2D eigenvalue weighted by Gasteiger charge is -2.33. The number of amides is 2. The van der Waals surface area contributed by atoms with Gasteiger partial charge >= 0.3 is 16.3 Å². The first-order valence-corrected chi connectivity index (χ1v) is 13.8. The quantitative estimate of drug-likeness (QED) is 0.538. The molecule has 4 rings (SSSR count). The molecule has 1 aromatic carbocycles. The molecule has 0 radical (unpaired) electrons. The van der Waals surface area contributed by atoms with Gasteiger partial charge in [-0.25, -0.2) is 18.2 Å². The van der Waals surface area contributed by atoms with E-state index in [1.165, 1.54) is 6.07 Å². The van der Waals surface area contributed by atoms with E-state index in [1.54, 1.807) is 4.72 Å². The fourth-order valence-electron chi connectivity index (χ4n) is 5.20. The lowest BCUT2D eigenvalue weighted by atomic mass is 9.84. The molecule has 2 heterocycles. The van der Waals surface area contributed by atoms with Crippen molar-refractivity contribution < 1.29 is 32.2 Å². The molecule has 200 valence electrons. The number of rotatable bonds is 5. The number of carbonyl (C=O) groups excluding carboxylic acids is 2. The van der Waals surface area contributed by atoms with E-state index in [9.17, 15) is 23.1 Å². The summed E-state index contributed by atoms with van der Waals surface area (Å²) in [6, 6.07) is 1.52. The van der Waals surface area contributed by atoms with Crippen molar-refractivity contribution in [3.63, 3.8) is 0 Å². The van der Waals surface area contributed by atoms with E-state index in [4.69, 9.17) is 4.74 Å². The molecule has 1 aromatic rings. The minimum atomic E-state index is -4.23. The van der Waals surface area contributed by atoms with Gasteiger partial charge in [-0.05, 0) is 83.4 Å². The molecule has 12 heteroatoms. The van der Waals surface area contributed by atoms with Crippen LogP contribution in [0.5, 0.6) is 5.75 Å². The summed E-state index contributed by atoms with van der Waals surface area (Å²) in [6.07, 6.45) is 4.86. The smallest absolute Gasteiger partial charge is 0.407 e. The summed E-state index contributed by atoms with van der Waals surface area (Å²) in [5.74, 6) is -1.56. The van der Waals surface area contributed by atoms with Gasteiger partial charge in [0.05, 0.1) is 0 Å². The summed E-state index contributed by atoms with van der Waals surface area (Å²) >= 11 is 0. The highest BCUT2D eigenvalue weighted by molar-refractivity contribution is 7.92. The van der Waals surface area contributed by atoms with Crippen LogP contribution in [0.25, 0.3) is 0 Å². The first-order chi connectivity index (χ1) is 16.8. The highest BCUT2D eigenvalue weighted by atomic mass is 32.2. The highest BCUT2D eigenvalue weighted by Gasteiger charge is 2.39.